The lowest BCUT2D eigenvalue weighted by molar-refractivity contribution is -0.935. The van der Waals surface area contributed by atoms with Crippen molar-refractivity contribution in [2.45, 2.75) is 44.6 Å². The van der Waals surface area contributed by atoms with E-state index in [2.05, 4.69) is 15.9 Å². The van der Waals surface area contributed by atoms with E-state index in [-0.39, 0.29) is 11.7 Å². The van der Waals surface area contributed by atoms with E-state index in [1.54, 1.807) is 11.0 Å². The molecule has 3 atom stereocenters. The number of ketones is 1. The molecule has 1 saturated heterocycles. The van der Waals surface area contributed by atoms with Crippen LogP contribution in [0.1, 0.15) is 48.9 Å². The van der Waals surface area contributed by atoms with E-state index in [0.717, 1.165) is 22.6 Å². The number of fused-ring (bicyclic) bond motifs is 2. The maximum atomic E-state index is 12.5. The summed E-state index contributed by atoms with van der Waals surface area (Å²) in [6, 6.07) is 6.24. The number of benzene rings is 1. The van der Waals surface area contributed by atoms with Gasteiger partial charge in [0, 0.05) is 10.4 Å². The standard InChI is InChI=1S/C18H21BrN2O2/c19-13-7-8-16-14(10-13)17(22)18(23)21(16)11-20-9-3-5-12-4-1-2-6-15(12)20/h7-8,10,12,15H,1-6,9,11H2/p+1/t12-,15+/m1/s1. The molecule has 3 aliphatic rings. The molecule has 1 aliphatic carbocycles. The number of hydrogen-bond donors (Lipinski definition) is 1. The zero-order chi connectivity index (χ0) is 16.0. The summed E-state index contributed by atoms with van der Waals surface area (Å²) in [7, 11) is 0. The smallest absolute Gasteiger partial charge is 0.303 e. The first-order chi connectivity index (χ1) is 11.1. The summed E-state index contributed by atoms with van der Waals surface area (Å²) >= 11 is 3.39. The Morgan fingerprint density at radius 3 is 2.78 bits per heavy atom. The highest BCUT2D eigenvalue weighted by atomic mass is 79.9. The lowest BCUT2D eigenvalue weighted by Crippen LogP contribution is -3.19. The van der Waals surface area contributed by atoms with Crippen LogP contribution in [0.3, 0.4) is 0 Å². The summed E-state index contributed by atoms with van der Waals surface area (Å²) in [5.41, 5.74) is 1.33. The van der Waals surface area contributed by atoms with Gasteiger partial charge < -0.3 is 4.90 Å². The molecular weight excluding hydrogens is 356 g/mol. The summed E-state index contributed by atoms with van der Waals surface area (Å²) in [5.74, 6) is 0.0896. The van der Waals surface area contributed by atoms with Crippen molar-refractivity contribution < 1.29 is 14.5 Å². The van der Waals surface area contributed by atoms with Crippen molar-refractivity contribution in [1.29, 1.82) is 0 Å². The molecule has 122 valence electrons. The molecule has 4 rings (SSSR count). The molecular formula is C18H22BrN2O2+. The first-order valence-corrected chi connectivity index (χ1v) is 9.45. The van der Waals surface area contributed by atoms with Gasteiger partial charge in [0.1, 0.15) is 0 Å². The maximum absolute atomic E-state index is 12.5. The number of nitrogens with one attached hydrogen (secondary N) is 1. The molecule has 0 bridgehead atoms. The van der Waals surface area contributed by atoms with Gasteiger partial charge in [0.05, 0.1) is 23.8 Å². The van der Waals surface area contributed by atoms with Crippen molar-refractivity contribution in [2.24, 2.45) is 5.92 Å². The molecule has 23 heavy (non-hydrogen) atoms. The zero-order valence-corrected chi connectivity index (χ0v) is 14.8. The van der Waals surface area contributed by atoms with Gasteiger partial charge in [-0.1, -0.05) is 22.4 Å². The minimum Gasteiger partial charge on any atom is -0.315 e. The Labute approximate surface area is 145 Å². The number of anilines is 1. The average Bonchev–Trinajstić information content (AvgIpc) is 2.80. The fourth-order valence-electron chi connectivity index (χ4n) is 4.70. The van der Waals surface area contributed by atoms with Crippen LogP contribution in [0.4, 0.5) is 5.69 Å². The molecule has 1 amide bonds. The molecule has 2 fully saturated rings. The molecule has 1 aromatic rings. The molecule has 2 heterocycles. The van der Waals surface area contributed by atoms with Gasteiger partial charge in [-0.15, -0.1) is 0 Å². The number of halogens is 1. The molecule has 1 aromatic carbocycles. The number of quaternary nitrogens is 1. The van der Waals surface area contributed by atoms with E-state index in [1.807, 2.05) is 12.1 Å². The third-order valence-electron chi connectivity index (χ3n) is 5.80. The Morgan fingerprint density at radius 1 is 1.13 bits per heavy atom. The van der Waals surface area contributed by atoms with E-state index >= 15 is 0 Å². The van der Waals surface area contributed by atoms with Crippen LogP contribution in [0.5, 0.6) is 0 Å². The predicted molar refractivity (Wildman–Crippen MR) is 91.6 cm³/mol. The fraction of sp³-hybridized carbons (Fsp3) is 0.556. The van der Waals surface area contributed by atoms with Gasteiger partial charge in [-0.2, -0.15) is 0 Å². The zero-order valence-electron chi connectivity index (χ0n) is 13.2. The number of Topliss-reactive ketones (excluding diaryl/α,β-unsaturated/α-hetero) is 1. The summed E-state index contributed by atoms with van der Waals surface area (Å²) in [6.07, 6.45) is 7.84. The second-order valence-corrected chi connectivity index (χ2v) is 8.00. The second kappa shape index (κ2) is 6.02. The van der Waals surface area contributed by atoms with E-state index in [0.29, 0.717) is 18.3 Å². The van der Waals surface area contributed by atoms with Gasteiger partial charge >= 0.3 is 5.91 Å². The van der Waals surface area contributed by atoms with Crippen LogP contribution in [0.25, 0.3) is 0 Å². The Bertz CT molecular complexity index is 658. The normalized spacial score (nSPS) is 30.3. The van der Waals surface area contributed by atoms with Crippen LogP contribution < -0.4 is 9.80 Å². The van der Waals surface area contributed by atoms with Crippen LogP contribution in [0.2, 0.25) is 0 Å². The Morgan fingerprint density at radius 2 is 1.91 bits per heavy atom. The average molecular weight is 378 g/mol. The SMILES string of the molecule is O=C1C(=O)N(C[NH+]2CCC[C@H]3CCCC[C@@H]32)c2ccc(Br)cc21. The minimum absolute atomic E-state index is 0.358. The number of amides is 1. The van der Waals surface area contributed by atoms with E-state index in [9.17, 15) is 9.59 Å². The quantitative estimate of drug-likeness (QED) is 0.802. The predicted octanol–water partition coefficient (Wildman–Crippen LogP) is 2.17. The van der Waals surface area contributed by atoms with Crippen LogP contribution in [0.15, 0.2) is 22.7 Å². The molecule has 5 heteroatoms. The van der Waals surface area contributed by atoms with Crippen molar-refractivity contribution in [3.63, 3.8) is 0 Å². The highest BCUT2D eigenvalue weighted by Crippen LogP contribution is 2.32. The number of likely N-dealkylation sites (tertiary alicyclic amines) is 1. The van der Waals surface area contributed by atoms with Gasteiger partial charge in [0.2, 0.25) is 0 Å². The van der Waals surface area contributed by atoms with Gasteiger partial charge in [-0.25, -0.2) is 0 Å². The number of rotatable bonds is 2. The number of carbonyl (C=O) groups is 2. The molecule has 1 N–H and O–H groups in total. The van der Waals surface area contributed by atoms with Crippen LogP contribution in [-0.2, 0) is 4.79 Å². The lowest BCUT2D eigenvalue weighted by atomic mass is 9.78. The summed E-state index contributed by atoms with van der Waals surface area (Å²) in [4.78, 5) is 27.9. The van der Waals surface area contributed by atoms with Crippen molar-refractivity contribution in [3.05, 3.63) is 28.2 Å². The monoisotopic (exact) mass is 377 g/mol. The summed E-state index contributed by atoms with van der Waals surface area (Å²) in [5, 5.41) is 0. The number of piperidine rings is 1. The summed E-state index contributed by atoms with van der Waals surface area (Å²) in [6.45, 7) is 1.76. The van der Waals surface area contributed by atoms with Gasteiger partial charge in [-0.05, 0) is 50.3 Å². The fourth-order valence-corrected chi connectivity index (χ4v) is 5.06. The van der Waals surface area contributed by atoms with Crippen molar-refractivity contribution in [1.82, 2.24) is 0 Å². The van der Waals surface area contributed by atoms with Crippen LogP contribution in [-0.4, -0.2) is 30.9 Å². The highest BCUT2D eigenvalue weighted by Gasteiger charge is 2.42. The molecule has 1 unspecified atom stereocenters. The molecule has 1 saturated carbocycles. The lowest BCUT2D eigenvalue weighted by Gasteiger charge is -2.42. The van der Waals surface area contributed by atoms with Gasteiger partial charge in [-0.3, -0.25) is 14.5 Å². The van der Waals surface area contributed by atoms with E-state index in [1.165, 1.54) is 43.4 Å². The first kappa shape index (κ1) is 15.3. The molecule has 4 nitrogen and oxygen atoms in total. The second-order valence-electron chi connectivity index (χ2n) is 7.08. The van der Waals surface area contributed by atoms with Crippen molar-refractivity contribution in [2.75, 3.05) is 18.1 Å². The van der Waals surface area contributed by atoms with E-state index < -0.39 is 0 Å². The molecule has 0 spiro atoms. The Kier molecular flexibility index (Phi) is 4.01. The number of nitrogens with zero attached hydrogens (tertiary/aromatic N) is 1. The third-order valence-corrected chi connectivity index (χ3v) is 6.29. The molecule has 0 radical (unpaired) electrons. The first-order valence-electron chi connectivity index (χ1n) is 8.65. The topological polar surface area (TPSA) is 41.8 Å². The minimum atomic E-state index is -0.363. The number of hydrogen-bond acceptors (Lipinski definition) is 2. The van der Waals surface area contributed by atoms with Crippen LogP contribution in [0, 0.1) is 5.92 Å². The third kappa shape index (κ3) is 2.64. The molecule has 0 aromatic heterocycles. The summed E-state index contributed by atoms with van der Waals surface area (Å²) < 4.78 is 0.844. The largest absolute Gasteiger partial charge is 0.315 e. The van der Waals surface area contributed by atoms with E-state index in [4.69, 9.17) is 0 Å². The Balaban J connectivity index is 1.59. The van der Waals surface area contributed by atoms with Gasteiger partial charge in [0.25, 0.3) is 5.78 Å². The maximum Gasteiger partial charge on any atom is 0.303 e. The van der Waals surface area contributed by atoms with Crippen molar-refractivity contribution in [3.8, 4) is 0 Å². The molecule has 2 aliphatic heterocycles. The van der Waals surface area contributed by atoms with Gasteiger partial charge in [0.15, 0.2) is 6.67 Å². The number of carbonyl (C=O) groups excluding carboxylic acids is 2. The van der Waals surface area contributed by atoms with Crippen LogP contribution >= 0.6 is 15.9 Å². The highest BCUT2D eigenvalue weighted by molar-refractivity contribution is 9.10. The Hall–Kier alpha value is -1.20. The van der Waals surface area contributed by atoms with Crippen molar-refractivity contribution >= 4 is 33.3 Å².